The van der Waals surface area contributed by atoms with Crippen molar-refractivity contribution in [2.75, 3.05) is 0 Å². The van der Waals surface area contributed by atoms with Crippen LogP contribution in [-0.2, 0) is 42.2 Å². The number of esters is 1. The molecule has 0 spiro atoms. The topological polar surface area (TPSA) is 63.2 Å². The van der Waals surface area contributed by atoms with Crippen LogP contribution in [0.1, 0.15) is 53.3 Å². The first-order valence-electron chi connectivity index (χ1n) is 15.7. The summed E-state index contributed by atoms with van der Waals surface area (Å²) in [6.45, 7) is 4.75. The summed E-state index contributed by atoms with van der Waals surface area (Å²) in [7, 11) is 0. The van der Waals surface area contributed by atoms with Crippen LogP contribution in [0.15, 0.2) is 121 Å². The molecule has 5 aromatic carbocycles. The molecule has 0 bridgehead atoms. The number of hydrogen-bond donors (Lipinski definition) is 0. The van der Waals surface area contributed by atoms with Crippen molar-refractivity contribution in [2.24, 2.45) is 0 Å². The molecule has 5 aromatic rings. The second-order valence-electron chi connectivity index (χ2n) is 11.3. The highest BCUT2D eigenvalue weighted by molar-refractivity contribution is 5.66. The van der Waals surface area contributed by atoms with Crippen molar-refractivity contribution < 1.29 is 28.5 Å². The predicted octanol–water partition coefficient (Wildman–Crippen LogP) is 8.59. The second kappa shape index (κ2) is 14.7. The molecule has 0 aromatic heterocycles. The Bertz CT molecular complexity index is 1740. The normalized spacial score (nSPS) is 15.3. The van der Waals surface area contributed by atoms with Gasteiger partial charge in [0.05, 0.1) is 0 Å². The van der Waals surface area contributed by atoms with Gasteiger partial charge >= 0.3 is 5.97 Å². The number of fused-ring (bicyclic) bond motifs is 1. The lowest BCUT2D eigenvalue weighted by Gasteiger charge is -2.34. The molecule has 6 heteroatoms. The van der Waals surface area contributed by atoms with Crippen LogP contribution in [0.4, 0.5) is 0 Å². The third-order valence-electron chi connectivity index (χ3n) is 7.98. The van der Waals surface area contributed by atoms with Crippen LogP contribution in [0.3, 0.4) is 0 Å². The number of benzene rings is 5. The molecule has 0 aliphatic carbocycles. The number of ether oxygens (including phenoxy) is 5. The van der Waals surface area contributed by atoms with Crippen LogP contribution in [0, 0.1) is 0 Å². The maximum absolute atomic E-state index is 12.3. The fraction of sp³-hybridized carbons (Fsp3) is 0.225. The van der Waals surface area contributed by atoms with Crippen molar-refractivity contribution >= 4 is 5.97 Å². The molecule has 1 aliphatic rings. The summed E-state index contributed by atoms with van der Waals surface area (Å²) in [5, 5.41) is 0. The average molecular weight is 615 g/mol. The molecule has 0 saturated heterocycles. The van der Waals surface area contributed by atoms with E-state index < -0.39 is 12.2 Å². The van der Waals surface area contributed by atoms with Crippen molar-refractivity contribution in [1.82, 2.24) is 0 Å². The largest absolute Gasteiger partial charge is 0.489 e. The number of carbonyl (C=O) groups excluding carboxylic acids is 1. The Kier molecular flexibility index (Phi) is 9.84. The molecule has 6 rings (SSSR count). The molecule has 0 N–H and O–H groups in total. The van der Waals surface area contributed by atoms with Crippen molar-refractivity contribution in [3.63, 3.8) is 0 Å². The van der Waals surface area contributed by atoms with E-state index in [1.807, 2.05) is 115 Å². The molecule has 0 saturated carbocycles. The smallest absolute Gasteiger partial charge is 0.303 e. The van der Waals surface area contributed by atoms with Gasteiger partial charge in [-0.2, -0.15) is 0 Å². The van der Waals surface area contributed by atoms with Gasteiger partial charge < -0.3 is 23.7 Å². The summed E-state index contributed by atoms with van der Waals surface area (Å²) in [5.74, 6) is 2.30. The molecule has 234 valence electrons. The lowest BCUT2D eigenvalue weighted by Crippen LogP contribution is -2.34. The van der Waals surface area contributed by atoms with Crippen molar-refractivity contribution in [1.29, 1.82) is 0 Å². The van der Waals surface area contributed by atoms with Crippen LogP contribution in [0.5, 0.6) is 23.0 Å². The van der Waals surface area contributed by atoms with Crippen molar-refractivity contribution in [2.45, 2.75) is 58.7 Å². The van der Waals surface area contributed by atoms with Crippen LogP contribution >= 0.6 is 0 Å². The van der Waals surface area contributed by atoms with Crippen LogP contribution in [-0.4, -0.2) is 12.1 Å². The van der Waals surface area contributed by atoms with Gasteiger partial charge in [-0.1, -0.05) is 110 Å². The lowest BCUT2D eigenvalue weighted by molar-refractivity contribution is -0.152. The first kappa shape index (κ1) is 30.8. The Labute approximate surface area is 270 Å². The van der Waals surface area contributed by atoms with Gasteiger partial charge in [-0.25, -0.2) is 0 Å². The Morgan fingerprint density at radius 2 is 1.26 bits per heavy atom. The monoisotopic (exact) mass is 614 g/mol. The highest BCUT2D eigenvalue weighted by atomic mass is 16.6. The molecule has 1 aliphatic heterocycles. The van der Waals surface area contributed by atoms with Gasteiger partial charge in [0.15, 0.2) is 6.10 Å². The predicted molar refractivity (Wildman–Crippen MR) is 177 cm³/mol. The number of aryl methyl sites for hydroxylation is 1. The van der Waals surface area contributed by atoms with E-state index in [1.54, 1.807) is 0 Å². The lowest BCUT2D eigenvalue weighted by atomic mass is 9.92. The molecule has 0 fully saturated rings. The molecule has 0 radical (unpaired) electrons. The maximum atomic E-state index is 12.3. The van der Waals surface area contributed by atoms with E-state index in [-0.39, 0.29) is 5.97 Å². The van der Waals surface area contributed by atoms with E-state index >= 15 is 0 Å². The Morgan fingerprint density at radius 1 is 0.696 bits per heavy atom. The van der Waals surface area contributed by atoms with Crippen LogP contribution < -0.4 is 18.9 Å². The van der Waals surface area contributed by atoms with Gasteiger partial charge in [0.1, 0.15) is 48.9 Å². The number of carbonyl (C=O) groups is 1. The summed E-state index contributed by atoms with van der Waals surface area (Å²) in [6, 6.07) is 40.0. The van der Waals surface area contributed by atoms with Crippen molar-refractivity contribution in [3.8, 4) is 23.0 Å². The molecule has 1 heterocycles. The van der Waals surface area contributed by atoms with Gasteiger partial charge in [0, 0.05) is 31.0 Å². The minimum atomic E-state index is -0.574. The van der Waals surface area contributed by atoms with Gasteiger partial charge in [0.25, 0.3) is 0 Å². The number of rotatable bonds is 12. The maximum Gasteiger partial charge on any atom is 0.303 e. The van der Waals surface area contributed by atoms with Crippen LogP contribution in [0.2, 0.25) is 0 Å². The van der Waals surface area contributed by atoms with E-state index in [0.29, 0.717) is 43.5 Å². The van der Waals surface area contributed by atoms with Gasteiger partial charge in [0.2, 0.25) is 0 Å². The zero-order chi connectivity index (χ0) is 31.7. The van der Waals surface area contributed by atoms with Gasteiger partial charge in [-0.15, -0.1) is 0 Å². The molecular formula is C40H38O6. The fourth-order valence-electron chi connectivity index (χ4n) is 5.62. The Hall–Kier alpha value is -5.23. The minimum Gasteiger partial charge on any atom is -0.489 e. The molecule has 6 nitrogen and oxygen atoms in total. The third kappa shape index (κ3) is 7.70. The van der Waals surface area contributed by atoms with E-state index in [9.17, 15) is 4.79 Å². The standard InChI is InChI=1S/C40H38O6/c1-3-32-19-20-33(21-36(32)43-26-30-15-9-5-10-16-30)40-39(45-28(2)41)24-35-37(44-27-31-17-11-6-12-18-31)22-34(23-38(35)46-40)42-25-29-13-7-4-8-14-29/h4-23,39-40H,3,24-27H2,1-2H3. The summed E-state index contributed by atoms with van der Waals surface area (Å²) in [6.07, 6.45) is 0.0942. The van der Waals surface area contributed by atoms with Gasteiger partial charge in [-0.3, -0.25) is 4.79 Å². The highest BCUT2D eigenvalue weighted by Crippen LogP contribution is 2.44. The van der Waals surface area contributed by atoms with E-state index in [1.165, 1.54) is 6.92 Å². The van der Waals surface area contributed by atoms with Gasteiger partial charge in [-0.05, 0) is 40.3 Å². The summed E-state index contributed by atoms with van der Waals surface area (Å²) in [5.41, 5.74) is 5.96. The van der Waals surface area contributed by atoms with Crippen LogP contribution in [0.25, 0.3) is 0 Å². The summed E-state index contributed by atoms with van der Waals surface area (Å²) in [4.78, 5) is 12.3. The minimum absolute atomic E-state index is 0.373. The first-order chi connectivity index (χ1) is 22.6. The molecular weight excluding hydrogens is 576 g/mol. The van der Waals surface area contributed by atoms with E-state index in [2.05, 4.69) is 13.0 Å². The molecule has 0 amide bonds. The zero-order valence-electron chi connectivity index (χ0n) is 26.2. The molecule has 46 heavy (non-hydrogen) atoms. The highest BCUT2D eigenvalue weighted by Gasteiger charge is 2.36. The van der Waals surface area contributed by atoms with E-state index in [0.717, 1.165) is 45.6 Å². The van der Waals surface area contributed by atoms with E-state index in [4.69, 9.17) is 23.7 Å². The molecule has 2 atom stereocenters. The summed E-state index contributed by atoms with van der Waals surface area (Å²) < 4.78 is 31.6. The Balaban J connectivity index is 1.33. The average Bonchev–Trinajstić information content (AvgIpc) is 3.09. The second-order valence-corrected chi connectivity index (χ2v) is 11.3. The summed E-state index contributed by atoms with van der Waals surface area (Å²) >= 11 is 0. The molecule has 2 unspecified atom stereocenters. The first-order valence-corrected chi connectivity index (χ1v) is 15.7. The Morgan fingerprint density at radius 3 is 1.83 bits per heavy atom. The quantitative estimate of drug-likeness (QED) is 0.131. The fourth-order valence-corrected chi connectivity index (χ4v) is 5.62. The SMILES string of the molecule is CCc1ccc(C2Oc3cc(OCc4ccccc4)cc(OCc4ccccc4)c3CC2OC(C)=O)cc1OCc1ccccc1. The zero-order valence-corrected chi connectivity index (χ0v) is 26.2. The number of hydrogen-bond acceptors (Lipinski definition) is 6. The van der Waals surface area contributed by atoms with Crippen molar-refractivity contribution in [3.05, 3.63) is 155 Å². The third-order valence-corrected chi connectivity index (χ3v) is 7.98.